The van der Waals surface area contributed by atoms with Gasteiger partial charge in [0.15, 0.2) is 5.82 Å². The summed E-state index contributed by atoms with van der Waals surface area (Å²) in [6.07, 6.45) is 13.7. The first-order chi connectivity index (χ1) is 19.5. The third-order valence-corrected chi connectivity index (χ3v) is 9.27. The molecule has 40 heavy (non-hydrogen) atoms. The van der Waals surface area contributed by atoms with E-state index in [4.69, 9.17) is 9.72 Å². The molecule has 3 aromatic rings. The van der Waals surface area contributed by atoms with E-state index in [1.807, 2.05) is 11.1 Å². The molecular weight excluding hydrogens is 509 g/mol. The lowest BCUT2D eigenvalue weighted by Gasteiger charge is -2.47. The number of rotatable bonds is 6. The number of hydrogen-bond acceptors (Lipinski definition) is 8. The molecule has 3 fully saturated rings. The van der Waals surface area contributed by atoms with Crippen LogP contribution >= 0.6 is 0 Å². The SMILES string of the molecule is C=CC(=O)N1CC[C@@H]2[C@H]1CN2c1nc(OC[C@@H]2CCCN2C)nc2c(F)c(-c3cncc4c3CCCC4)ncc12. The van der Waals surface area contributed by atoms with Gasteiger partial charge in [-0.3, -0.25) is 14.8 Å². The number of anilines is 1. The summed E-state index contributed by atoms with van der Waals surface area (Å²) in [7, 11) is 2.09. The summed E-state index contributed by atoms with van der Waals surface area (Å²) < 4.78 is 22.6. The lowest BCUT2D eigenvalue weighted by Crippen LogP contribution is -2.63. The minimum absolute atomic E-state index is 0.0541. The monoisotopic (exact) mass is 543 g/mol. The highest BCUT2D eigenvalue weighted by atomic mass is 19.1. The highest BCUT2D eigenvalue weighted by molar-refractivity contribution is 5.93. The summed E-state index contributed by atoms with van der Waals surface area (Å²) >= 11 is 0. The zero-order chi connectivity index (χ0) is 27.4. The van der Waals surface area contributed by atoms with Crippen LogP contribution < -0.4 is 9.64 Å². The molecule has 4 aliphatic rings. The van der Waals surface area contributed by atoms with Crippen LogP contribution in [-0.4, -0.2) is 87.1 Å². The van der Waals surface area contributed by atoms with Crippen LogP contribution in [0.2, 0.25) is 0 Å². The highest BCUT2D eigenvalue weighted by Gasteiger charge is 2.49. The Hall–Kier alpha value is -3.66. The van der Waals surface area contributed by atoms with Crippen molar-refractivity contribution < 1.29 is 13.9 Å². The van der Waals surface area contributed by atoms with Crippen LogP contribution in [0.15, 0.2) is 31.2 Å². The topological polar surface area (TPSA) is 87.6 Å². The van der Waals surface area contributed by atoms with Crippen molar-refractivity contribution in [3.05, 3.63) is 48.2 Å². The summed E-state index contributed by atoms with van der Waals surface area (Å²) in [4.78, 5) is 37.1. The number of aromatic nitrogens is 4. The summed E-state index contributed by atoms with van der Waals surface area (Å²) in [5, 5.41) is 0.552. The number of fused-ring (bicyclic) bond motifs is 3. The molecule has 0 N–H and O–H groups in total. The van der Waals surface area contributed by atoms with Gasteiger partial charge in [0.1, 0.15) is 23.6 Å². The van der Waals surface area contributed by atoms with Crippen LogP contribution in [-0.2, 0) is 17.6 Å². The Bertz CT molecular complexity index is 1500. The van der Waals surface area contributed by atoms with E-state index in [1.54, 1.807) is 12.4 Å². The van der Waals surface area contributed by atoms with Gasteiger partial charge in [-0.15, -0.1) is 0 Å². The van der Waals surface area contributed by atoms with Crippen LogP contribution in [0.3, 0.4) is 0 Å². The van der Waals surface area contributed by atoms with E-state index >= 15 is 4.39 Å². The van der Waals surface area contributed by atoms with Crippen molar-refractivity contribution >= 4 is 22.6 Å². The molecule has 0 saturated carbocycles. The van der Waals surface area contributed by atoms with E-state index in [0.717, 1.165) is 62.6 Å². The molecule has 3 atom stereocenters. The van der Waals surface area contributed by atoms with E-state index in [9.17, 15) is 4.79 Å². The molecular formula is C30H34FN7O2. The zero-order valence-electron chi connectivity index (χ0n) is 22.9. The average molecular weight is 544 g/mol. The van der Waals surface area contributed by atoms with E-state index in [2.05, 4.69) is 38.4 Å². The molecule has 0 unspecified atom stereocenters. The number of amides is 1. The number of hydrogen-bond donors (Lipinski definition) is 0. The Balaban J connectivity index is 1.29. The molecule has 0 bridgehead atoms. The van der Waals surface area contributed by atoms with Crippen molar-refractivity contribution in [3.8, 4) is 17.3 Å². The standard InChI is InChI=1S/C30H34FN7O2/c1-3-25(39)37-12-10-23-24(37)16-38(23)29-22-15-33-27(21-14-32-13-18-7-4-5-9-20(18)21)26(31)28(22)34-30(35-29)40-17-19-8-6-11-36(19)2/h3,13-15,19,23-24H,1,4-12,16-17H2,2H3/t19-,23+,24+/m0/s1. The highest BCUT2D eigenvalue weighted by Crippen LogP contribution is 2.41. The van der Waals surface area contributed by atoms with Gasteiger partial charge < -0.3 is 19.4 Å². The van der Waals surface area contributed by atoms with Crippen LogP contribution in [0.4, 0.5) is 10.2 Å². The van der Waals surface area contributed by atoms with Gasteiger partial charge in [-0.05, 0) is 75.7 Å². The minimum Gasteiger partial charge on any atom is -0.462 e. The van der Waals surface area contributed by atoms with Gasteiger partial charge in [-0.25, -0.2) is 4.39 Å². The molecule has 208 valence electrons. The molecule has 0 spiro atoms. The van der Waals surface area contributed by atoms with Crippen molar-refractivity contribution in [2.24, 2.45) is 0 Å². The molecule has 3 saturated heterocycles. The molecule has 7 rings (SSSR count). The van der Waals surface area contributed by atoms with Crippen molar-refractivity contribution in [1.29, 1.82) is 0 Å². The first-order valence-corrected chi connectivity index (χ1v) is 14.4. The van der Waals surface area contributed by atoms with Crippen LogP contribution in [0, 0.1) is 5.82 Å². The fraction of sp³-hybridized carbons (Fsp3) is 0.500. The summed E-state index contributed by atoms with van der Waals surface area (Å²) in [6.45, 7) is 6.41. The predicted molar refractivity (Wildman–Crippen MR) is 150 cm³/mol. The molecule has 1 amide bonds. The smallest absolute Gasteiger partial charge is 0.319 e. The number of carbonyl (C=O) groups excluding carboxylic acids is 1. The molecule has 1 aliphatic carbocycles. The number of pyridine rings is 2. The zero-order valence-corrected chi connectivity index (χ0v) is 22.9. The van der Waals surface area contributed by atoms with Crippen molar-refractivity contribution in [2.45, 2.75) is 63.1 Å². The quantitative estimate of drug-likeness (QED) is 0.437. The largest absolute Gasteiger partial charge is 0.462 e. The Labute approximate surface area is 233 Å². The minimum atomic E-state index is -0.475. The van der Waals surface area contributed by atoms with Gasteiger partial charge in [0.2, 0.25) is 5.91 Å². The first kappa shape index (κ1) is 25.3. The Morgan fingerprint density at radius 1 is 1.12 bits per heavy atom. The first-order valence-electron chi connectivity index (χ1n) is 14.4. The van der Waals surface area contributed by atoms with E-state index < -0.39 is 5.82 Å². The van der Waals surface area contributed by atoms with Crippen LogP contribution in [0.5, 0.6) is 6.01 Å². The fourth-order valence-corrected chi connectivity index (χ4v) is 6.97. The average Bonchev–Trinajstić information content (AvgIpc) is 3.53. The van der Waals surface area contributed by atoms with Crippen LogP contribution in [0.25, 0.3) is 22.2 Å². The Kier molecular flexibility index (Phi) is 6.37. The van der Waals surface area contributed by atoms with E-state index in [-0.39, 0.29) is 41.3 Å². The van der Waals surface area contributed by atoms with E-state index in [1.165, 1.54) is 11.6 Å². The lowest BCUT2D eigenvalue weighted by molar-refractivity contribution is -0.127. The van der Waals surface area contributed by atoms with Gasteiger partial charge in [-0.2, -0.15) is 9.97 Å². The maximum atomic E-state index is 16.4. The molecule has 9 nitrogen and oxygen atoms in total. The third-order valence-electron chi connectivity index (χ3n) is 9.27. The van der Waals surface area contributed by atoms with Gasteiger partial charge >= 0.3 is 6.01 Å². The number of nitrogens with zero attached hydrogens (tertiary/aromatic N) is 7. The number of ether oxygens (including phenoxy) is 1. The number of carbonyl (C=O) groups is 1. The molecule has 10 heteroatoms. The predicted octanol–water partition coefficient (Wildman–Crippen LogP) is 3.55. The van der Waals surface area contributed by atoms with E-state index in [0.29, 0.717) is 30.9 Å². The number of likely N-dealkylation sites (N-methyl/N-ethyl adjacent to an activating group) is 1. The van der Waals surface area contributed by atoms with Crippen molar-refractivity contribution in [3.63, 3.8) is 0 Å². The normalized spacial score (nSPS) is 24.1. The maximum Gasteiger partial charge on any atom is 0.319 e. The molecule has 3 aliphatic heterocycles. The molecule has 6 heterocycles. The molecule has 3 aromatic heterocycles. The van der Waals surface area contributed by atoms with Gasteiger partial charge in [0.05, 0.1) is 17.5 Å². The number of aryl methyl sites for hydroxylation is 1. The number of halogens is 1. The Morgan fingerprint density at radius 2 is 2.00 bits per heavy atom. The third kappa shape index (κ3) is 4.11. The lowest BCUT2D eigenvalue weighted by atomic mass is 9.89. The van der Waals surface area contributed by atoms with Crippen molar-refractivity contribution in [2.75, 3.05) is 38.2 Å². The second-order valence-corrected chi connectivity index (χ2v) is 11.4. The summed E-state index contributed by atoms with van der Waals surface area (Å²) in [5.41, 5.74) is 3.52. The molecule has 0 aromatic carbocycles. The van der Waals surface area contributed by atoms with Crippen LogP contribution in [0.1, 0.15) is 43.2 Å². The summed E-state index contributed by atoms with van der Waals surface area (Å²) in [5.74, 6) is 0.0818. The Morgan fingerprint density at radius 3 is 2.83 bits per heavy atom. The second kappa shape index (κ2) is 10.1. The summed E-state index contributed by atoms with van der Waals surface area (Å²) in [6, 6.07) is 0.645. The van der Waals surface area contributed by atoms with Gasteiger partial charge in [0, 0.05) is 43.3 Å². The molecule has 0 radical (unpaired) electrons. The van der Waals surface area contributed by atoms with Gasteiger partial charge in [0.25, 0.3) is 0 Å². The van der Waals surface area contributed by atoms with Gasteiger partial charge in [-0.1, -0.05) is 6.58 Å². The maximum absolute atomic E-state index is 16.4. The number of likely N-dealkylation sites (tertiary alicyclic amines) is 2. The second-order valence-electron chi connectivity index (χ2n) is 11.4. The van der Waals surface area contributed by atoms with Crippen molar-refractivity contribution in [1.82, 2.24) is 29.7 Å². The fourth-order valence-electron chi connectivity index (χ4n) is 6.97.